The van der Waals surface area contributed by atoms with E-state index in [1.807, 2.05) is 0 Å². The van der Waals surface area contributed by atoms with Crippen molar-refractivity contribution in [3.05, 3.63) is 0 Å². The molecule has 0 aromatic carbocycles. The molecule has 6 heteroatoms. The van der Waals surface area contributed by atoms with Gasteiger partial charge in [-0.25, -0.2) is 0 Å². The number of ether oxygens (including phenoxy) is 4. The summed E-state index contributed by atoms with van der Waals surface area (Å²) >= 11 is 0. The molecule has 0 atom stereocenters. The van der Waals surface area contributed by atoms with Crippen LogP contribution in [-0.4, -0.2) is 50.6 Å². The van der Waals surface area contributed by atoms with Gasteiger partial charge in [-0.15, -0.1) is 0 Å². The molecule has 0 saturated heterocycles. The normalized spacial score (nSPS) is 21.4. The van der Waals surface area contributed by atoms with Gasteiger partial charge in [-0.3, -0.25) is 9.59 Å². The Labute approximate surface area is 132 Å². The number of hydrogen-bond acceptors (Lipinski definition) is 6. The minimum Gasteiger partial charge on any atom is -0.463 e. The minimum atomic E-state index is -0.190. The summed E-state index contributed by atoms with van der Waals surface area (Å²) < 4.78 is 21.3. The van der Waals surface area contributed by atoms with E-state index >= 15 is 0 Å². The summed E-state index contributed by atoms with van der Waals surface area (Å²) in [6.07, 6.45) is 5.02. The molecule has 1 saturated carbocycles. The standard InChI is InChI=1S/C16H28O6/c1-3-15(17)21-11-9-19-13-5-7-14(8-6-13)20-10-12-22-16(18)4-2/h13-14H,3-12H2,1-2H3. The van der Waals surface area contributed by atoms with Gasteiger partial charge in [0.05, 0.1) is 25.4 Å². The highest BCUT2D eigenvalue weighted by atomic mass is 16.6. The second kappa shape index (κ2) is 11.4. The maximum Gasteiger partial charge on any atom is 0.305 e. The van der Waals surface area contributed by atoms with Crippen LogP contribution in [0.1, 0.15) is 52.4 Å². The predicted octanol–water partition coefficient (Wildman–Crippen LogP) is 2.24. The molecule has 1 aliphatic rings. The Kier molecular flexibility index (Phi) is 9.82. The molecule has 128 valence electrons. The molecule has 22 heavy (non-hydrogen) atoms. The van der Waals surface area contributed by atoms with E-state index in [1.54, 1.807) is 13.8 Å². The van der Waals surface area contributed by atoms with Gasteiger partial charge in [0, 0.05) is 12.8 Å². The van der Waals surface area contributed by atoms with Gasteiger partial charge in [0.25, 0.3) is 0 Å². The Hall–Kier alpha value is -1.14. The van der Waals surface area contributed by atoms with Gasteiger partial charge in [-0.05, 0) is 25.7 Å². The topological polar surface area (TPSA) is 71.1 Å². The fourth-order valence-corrected chi connectivity index (χ4v) is 2.31. The number of carbonyl (C=O) groups is 2. The van der Waals surface area contributed by atoms with E-state index < -0.39 is 0 Å². The lowest BCUT2D eigenvalue weighted by Crippen LogP contribution is -2.28. The summed E-state index contributed by atoms with van der Waals surface area (Å²) in [5.74, 6) is -0.381. The summed E-state index contributed by atoms with van der Waals surface area (Å²) in [5.41, 5.74) is 0. The molecule has 0 N–H and O–H groups in total. The van der Waals surface area contributed by atoms with Crippen molar-refractivity contribution >= 4 is 11.9 Å². The third-order valence-corrected chi connectivity index (χ3v) is 3.60. The molecule has 0 bridgehead atoms. The fraction of sp³-hybridized carbons (Fsp3) is 0.875. The lowest BCUT2D eigenvalue weighted by molar-refractivity contribution is -0.147. The summed E-state index contributed by atoms with van der Waals surface area (Å²) in [6.45, 7) is 5.10. The van der Waals surface area contributed by atoms with Crippen LogP contribution >= 0.6 is 0 Å². The largest absolute Gasteiger partial charge is 0.463 e. The summed E-state index contributed by atoms with van der Waals surface area (Å²) in [4.78, 5) is 21.9. The number of hydrogen-bond donors (Lipinski definition) is 0. The van der Waals surface area contributed by atoms with Crippen LogP contribution in [-0.2, 0) is 28.5 Å². The molecule has 0 unspecified atom stereocenters. The lowest BCUT2D eigenvalue weighted by Gasteiger charge is -2.28. The second-order valence-corrected chi connectivity index (χ2v) is 5.29. The highest BCUT2D eigenvalue weighted by molar-refractivity contribution is 5.69. The Morgan fingerprint density at radius 3 is 1.41 bits per heavy atom. The van der Waals surface area contributed by atoms with Gasteiger partial charge >= 0.3 is 11.9 Å². The van der Waals surface area contributed by atoms with Crippen LogP contribution in [0.4, 0.5) is 0 Å². The molecule has 1 aliphatic carbocycles. The van der Waals surface area contributed by atoms with Crippen LogP contribution in [0.2, 0.25) is 0 Å². The van der Waals surface area contributed by atoms with Crippen molar-refractivity contribution in [2.24, 2.45) is 0 Å². The SMILES string of the molecule is CCC(=O)OCCOC1CCC(OCCOC(=O)CC)CC1. The van der Waals surface area contributed by atoms with Crippen molar-refractivity contribution < 1.29 is 28.5 Å². The van der Waals surface area contributed by atoms with Gasteiger partial charge in [-0.1, -0.05) is 13.8 Å². The molecule has 0 aromatic heterocycles. The zero-order valence-electron chi connectivity index (χ0n) is 13.7. The Morgan fingerprint density at radius 1 is 0.727 bits per heavy atom. The third kappa shape index (κ3) is 8.34. The molecular formula is C16H28O6. The molecule has 0 radical (unpaired) electrons. The molecule has 0 aromatic rings. The van der Waals surface area contributed by atoms with Crippen LogP contribution in [0, 0.1) is 0 Å². The predicted molar refractivity (Wildman–Crippen MR) is 80.4 cm³/mol. The summed E-state index contributed by atoms with van der Waals surface area (Å²) in [5, 5.41) is 0. The third-order valence-electron chi connectivity index (χ3n) is 3.60. The second-order valence-electron chi connectivity index (χ2n) is 5.29. The van der Waals surface area contributed by atoms with Crippen molar-refractivity contribution in [3.8, 4) is 0 Å². The van der Waals surface area contributed by atoms with Gasteiger partial charge in [0.1, 0.15) is 13.2 Å². The van der Waals surface area contributed by atoms with E-state index in [2.05, 4.69) is 0 Å². The Balaban J connectivity index is 1.99. The van der Waals surface area contributed by atoms with Gasteiger partial charge in [0.15, 0.2) is 0 Å². The van der Waals surface area contributed by atoms with E-state index in [0.29, 0.717) is 39.3 Å². The molecule has 6 nitrogen and oxygen atoms in total. The van der Waals surface area contributed by atoms with Crippen LogP contribution < -0.4 is 0 Å². The van der Waals surface area contributed by atoms with Crippen molar-refractivity contribution in [1.82, 2.24) is 0 Å². The van der Waals surface area contributed by atoms with Gasteiger partial charge in [0.2, 0.25) is 0 Å². The zero-order chi connectivity index (χ0) is 16.2. The number of rotatable bonds is 10. The molecular weight excluding hydrogens is 288 g/mol. The maximum absolute atomic E-state index is 11.0. The smallest absolute Gasteiger partial charge is 0.305 e. The lowest BCUT2D eigenvalue weighted by atomic mass is 9.95. The molecule has 1 rings (SSSR count). The summed E-state index contributed by atoms with van der Waals surface area (Å²) in [6, 6.07) is 0. The van der Waals surface area contributed by atoms with Crippen LogP contribution in [0.5, 0.6) is 0 Å². The van der Waals surface area contributed by atoms with Crippen LogP contribution in [0.15, 0.2) is 0 Å². The van der Waals surface area contributed by atoms with Crippen molar-refractivity contribution in [2.75, 3.05) is 26.4 Å². The first-order valence-corrected chi connectivity index (χ1v) is 8.20. The van der Waals surface area contributed by atoms with E-state index in [4.69, 9.17) is 18.9 Å². The average molecular weight is 316 g/mol. The molecule has 0 amide bonds. The van der Waals surface area contributed by atoms with E-state index in [-0.39, 0.29) is 24.1 Å². The first kappa shape index (κ1) is 18.9. The molecule has 1 fully saturated rings. The first-order valence-electron chi connectivity index (χ1n) is 8.20. The van der Waals surface area contributed by atoms with Gasteiger partial charge in [-0.2, -0.15) is 0 Å². The monoisotopic (exact) mass is 316 g/mol. The fourth-order valence-electron chi connectivity index (χ4n) is 2.31. The number of carbonyl (C=O) groups excluding carboxylic acids is 2. The van der Waals surface area contributed by atoms with Crippen molar-refractivity contribution in [2.45, 2.75) is 64.6 Å². The maximum atomic E-state index is 11.0. The minimum absolute atomic E-state index is 0.190. The average Bonchev–Trinajstić information content (AvgIpc) is 2.56. The van der Waals surface area contributed by atoms with Crippen LogP contribution in [0.25, 0.3) is 0 Å². The number of esters is 2. The summed E-state index contributed by atoms with van der Waals surface area (Å²) in [7, 11) is 0. The van der Waals surface area contributed by atoms with Crippen molar-refractivity contribution in [1.29, 1.82) is 0 Å². The highest BCUT2D eigenvalue weighted by Crippen LogP contribution is 2.23. The molecule has 0 spiro atoms. The van der Waals surface area contributed by atoms with Crippen molar-refractivity contribution in [3.63, 3.8) is 0 Å². The van der Waals surface area contributed by atoms with E-state index in [9.17, 15) is 9.59 Å². The highest BCUT2D eigenvalue weighted by Gasteiger charge is 2.22. The van der Waals surface area contributed by atoms with Crippen LogP contribution in [0.3, 0.4) is 0 Å². The molecule has 0 heterocycles. The van der Waals surface area contributed by atoms with E-state index in [1.165, 1.54) is 0 Å². The Bertz CT molecular complexity index is 291. The van der Waals surface area contributed by atoms with Gasteiger partial charge < -0.3 is 18.9 Å². The zero-order valence-corrected chi connectivity index (χ0v) is 13.7. The van der Waals surface area contributed by atoms with E-state index in [0.717, 1.165) is 25.7 Å². The Morgan fingerprint density at radius 2 is 1.09 bits per heavy atom. The quantitative estimate of drug-likeness (QED) is 0.455. The molecule has 0 aliphatic heterocycles. The first-order chi connectivity index (χ1) is 10.7.